The summed E-state index contributed by atoms with van der Waals surface area (Å²) in [6.07, 6.45) is 4.34. The highest BCUT2D eigenvalue weighted by Gasteiger charge is 2.42. The minimum Gasteiger partial charge on any atom is -0.481 e. The normalized spacial score (nSPS) is 24.9. The van der Waals surface area contributed by atoms with Crippen molar-refractivity contribution in [1.29, 1.82) is 0 Å². The highest BCUT2D eigenvalue weighted by Crippen LogP contribution is 2.42. The molecule has 1 amide bonds. The number of nitrogens with zero attached hydrogens (tertiary/aromatic N) is 1. The van der Waals surface area contributed by atoms with Gasteiger partial charge in [0.25, 0.3) is 0 Å². The summed E-state index contributed by atoms with van der Waals surface area (Å²) in [5.74, 6) is -0.734. The molecule has 1 heterocycles. The van der Waals surface area contributed by atoms with Crippen LogP contribution in [0.5, 0.6) is 0 Å². The molecule has 2 aliphatic rings. The summed E-state index contributed by atoms with van der Waals surface area (Å²) < 4.78 is 0. The molecule has 90 valence electrons. The number of hydrogen-bond acceptors (Lipinski definition) is 2. The SMILES string of the molecule is CC1(C(=O)N2CCC(C(=O)O)CC2)CCC1. The van der Waals surface area contributed by atoms with E-state index in [-0.39, 0.29) is 17.2 Å². The quantitative estimate of drug-likeness (QED) is 0.774. The minimum absolute atomic E-state index is 0.143. The lowest BCUT2D eigenvalue weighted by molar-refractivity contribution is -0.151. The molecule has 16 heavy (non-hydrogen) atoms. The number of aliphatic carboxylic acids is 1. The molecular weight excluding hydrogens is 206 g/mol. The van der Waals surface area contributed by atoms with Crippen LogP contribution in [-0.2, 0) is 9.59 Å². The van der Waals surface area contributed by atoms with E-state index < -0.39 is 5.97 Å². The molecule has 0 aromatic heterocycles. The smallest absolute Gasteiger partial charge is 0.306 e. The van der Waals surface area contributed by atoms with Crippen LogP contribution in [0, 0.1) is 11.3 Å². The van der Waals surface area contributed by atoms with E-state index in [9.17, 15) is 9.59 Å². The summed E-state index contributed by atoms with van der Waals surface area (Å²) in [5, 5.41) is 8.88. The molecule has 1 saturated carbocycles. The van der Waals surface area contributed by atoms with E-state index in [4.69, 9.17) is 5.11 Å². The van der Waals surface area contributed by atoms with E-state index in [2.05, 4.69) is 0 Å². The van der Waals surface area contributed by atoms with Crippen LogP contribution >= 0.6 is 0 Å². The monoisotopic (exact) mass is 225 g/mol. The van der Waals surface area contributed by atoms with E-state index in [1.165, 1.54) is 0 Å². The lowest BCUT2D eigenvalue weighted by Gasteiger charge is -2.42. The molecule has 0 aromatic carbocycles. The molecule has 0 atom stereocenters. The summed E-state index contributed by atoms with van der Waals surface area (Å²) in [6.45, 7) is 3.26. The molecule has 1 aliphatic heterocycles. The van der Waals surface area contributed by atoms with Crippen molar-refractivity contribution in [2.75, 3.05) is 13.1 Å². The third-order valence-electron chi connectivity index (χ3n) is 4.10. The summed E-state index contributed by atoms with van der Waals surface area (Å²) in [7, 11) is 0. The maximum Gasteiger partial charge on any atom is 0.306 e. The predicted molar refractivity (Wildman–Crippen MR) is 58.9 cm³/mol. The van der Waals surface area contributed by atoms with Crippen LogP contribution in [0.15, 0.2) is 0 Å². The number of likely N-dealkylation sites (tertiary alicyclic amines) is 1. The Hall–Kier alpha value is -1.06. The van der Waals surface area contributed by atoms with Gasteiger partial charge in [-0.05, 0) is 25.7 Å². The van der Waals surface area contributed by atoms with Gasteiger partial charge < -0.3 is 10.0 Å². The largest absolute Gasteiger partial charge is 0.481 e. The molecule has 4 heteroatoms. The summed E-state index contributed by atoms with van der Waals surface area (Å²) in [5.41, 5.74) is -0.143. The van der Waals surface area contributed by atoms with Crippen molar-refractivity contribution in [3.8, 4) is 0 Å². The zero-order valence-electron chi connectivity index (χ0n) is 9.74. The summed E-state index contributed by atoms with van der Waals surface area (Å²) >= 11 is 0. The van der Waals surface area contributed by atoms with Gasteiger partial charge in [-0.1, -0.05) is 13.3 Å². The van der Waals surface area contributed by atoms with Gasteiger partial charge in [-0.25, -0.2) is 0 Å². The molecule has 2 fully saturated rings. The first-order chi connectivity index (χ1) is 7.53. The minimum atomic E-state index is -0.720. The summed E-state index contributed by atoms with van der Waals surface area (Å²) in [6, 6.07) is 0. The van der Waals surface area contributed by atoms with Crippen LogP contribution < -0.4 is 0 Å². The molecule has 0 spiro atoms. The van der Waals surface area contributed by atoms with Crippen molar-refractivity contribution in [2.24, 2.45) is 11.3 Å². The van der Waals surface area contributed by atoms with Gasteiger partial charge >= 0.3 is 5.97 Å². The van der Waals surface area contributed by atoms with E-state index in [1.54, 1.807) is 0 Å². The van der Waals surface area contributed by atoms with Crippen molar-refractivity contribution in [3.05, 3.63) is 0 Å². The fourth-order valence-corrected chi connectivity index (χ4v) is 2.63. The lowest BCUT2D eigenvalue weighted by atomic mass is 9.69. The Balaban J connectivity index is 1.89. The van der Waals surface area contributed by atoms with E-state index in [0.717, 1.165) is 19.3 Å². The average molecular weight is 225 g/mol. The van der Waals surface area contributed by atoms with Gasteiger partial charge in [-0.3, -0.25) is 9.59 Å². The second-order valence-electron chi connectivity index (χ2n) is 5.32. The first-order valence-corrected chi connectivity index (χ1v) is 6.05. The first-order valence-electron chi connectivity index (χ1n) is 6.05. The van der Waals surface area contributed by atoms with E-state index >= 15 is 0 Å². The van der Waals surface area contributed by atoms with Crippen LogP contribution in [0.3, 0.4) is 0 Å². The summed E-state index contributed by atoms with van der Waals surface area (Å²) in [4.78, 5) is 24.8. The second-order valence-corrected chi connectivity index (χ2v) is 5.32. The number of amides is 1. The Morgan fingerprint density at radius 2 is 1.81 bits per heavy atom. The van der Waals surface area contributed by atoms with Crippen LogP contribution in [0.2, 0.25) is 0 Å². The Kier molecular flexibility index (Phi) is 2.91. The molecule has 0 unspecified atom stereocenters. The van der Waals surface area contributed by atoms with Crippen LogP contribution in [0.25, 0.3) is 0 Å². The topological polar surface area (TPSA) is 57.6 Å². The van der Waals surface area contributed by atoms with Gasteiger partial charge in [0.2, 0.25) is 5.91 Å². The average Bonchev–Trinajstić information content (AvgIpc) is 2.25. The molecule has 1 N–H and O–H groups in total. The second kappa shape index (κ2) is 4.07. The fraction of sp³-hybridized carbons (Fsp3) is 0.833. The molecule has 0 radical (unpaired) electrons. The molecule has 2 rings (SSSR count). The zero-order valence-corrected chi connectivity index (χ0v) is 9.74. The number of carbonyl (C=O) groups is 2. The number of carbonyl (C=O) groups excluding carboxylic acids is 1. The van der Waals surface area contributed by atoms with Crippen molar-refractivity contribution in [2.45, 2.75) is 39.0 Å². The number of rotatable bonds is 2. The zero-order chi connectivity index (χ0) is 11.8. The van der Waals surface area contributed by atoms with Gasteiger partial charge in [-0.15, -0.1) is 0 Å². The fourth-order valence-electron chi connectivity index (χ4n) is 2.63. The molecule has 1 saturated heterocycles. The number of carboxylic acid groups (broad SMARTS) is 1. The predicted octanol–water partition coefficient (Wildman–Crippen LogP) is 1.50. The van der Waals surface area contributed by atoms with Crippen molar-refractivity contribution in [1.82, 2.24) is 4.90 Å². The molecule has 1 aliphatic carbocycles. The van der Waals surface area contributed by atoms with Crippen molar-refractivity contribution >= 4 is 11.9 Å². The first kappa shape index (κ1) is 11.4. The van der Waals surface area contributed by atoms with Gasteiger partial charge in [0.1, 0.15) is 0 Å². The van der Waals surface area contributed by atoms with E-state index in [1.807, 2.05) is 11.8 Å². The lowest BCUT2D eigenvalue weighted by Crippen LogP contribution is -2.49. The third-order valence-corrected chi connectivity index (χ3v) is 4.10. The van der Waals surface area contributed by atoms with Gasteiger partial charge in [0.15, 0.2) is 0 Å². The Morgan fingerprint density at radius 1 is 1.25 bits per heavy atom. The number of piperidine rings is 1. The molecule has 0 aromatic rings. The highest BCUT2D eigenvalue weighted by molar-refractivity contribution is 5.83. The van der Waals surface area contributed by atoms with Gasteiger partial charge in [-0.2, -0.15) is 0 Å². The molecular formula is C12H19NO3. The Labute approximate surface area is 95.6 Å². The Morgan fingerprint density at radius 3 is 2.19 bits per heavy atom. The maximum absolute atomic E-state index is 12.2. The highest BCUT2D eigenvalue weighted by atomic mass is 16.4. The molecule has 0 bridgehead atoms. The number of hydrogen-bond donors (Lipinski definition) is 1. The standard InChI is InChI=1S/C12H19NO3/c1-12(5-2-6-12)11(16)13-7-3-9(4-8-13)10(14)15/h9H,2-8H2,1H3,(H,14,15). The van der Waals surface area contributed by atoms with Crippen molar-refractivity contribution in [3.63, 3.8) is 0 Å². The third kappa shape index (κ3) is 1.93. The van der Waals surface area contributed by atoms with Crippen LogP contribution in [-0.4, -0.2) is 35.0 Å². The van der Waals surface area contributed by atoms with E-state index in [0.29, 0.717) is 25.9 Å². The maximum atomic E-state index is 12.2. The van der Waals surface area contributed by atoms with Gasteiger partial charge in [0, 0.05) is 18.5 Å². The van der Waals surface area contributed by atoms with Gasteiger partial charge in [0.05, 0.1) is 5.92 Å². The number of carboxylic acids is 1. The van der Waals surface area contributed by atoms with Crippen LogP contribution in [0.4, 0.5) is 0 Å². The van der Waals surface area contributed by atoms with Crippen LogP contribution in [0.1, 0.15) is 39.0 Å². The van der Waals surface area contributed by atoms with Crippen molar-refractivity contribution < 1.29 is 14.7 Å². The molecule has 4 nitrogen and oxygen atoms in total. The Bertz CT molecular complexity index is 301.